The minimum Gasteiger partial charge on any atom is -0.443 e. The molecule has 0 radical (unpaired) electrons. The van der Waals surface area contributed by atoms with Crippen molar-refractivity contribution in [3.63, 3.8) is 0 Å². The van der Waals surface area contributed by atoms with Crippen LogP contribution in [0.2, 0.25) is 0 Å². The van der Waals surface area contributed by atoms with Gasteiger partial charge in [0.05, 0.1) is 0 Å². The van der Waals surface area contributed by atoms with Crippen molar-refractivity contribution in [3.8, 4) is 0 Å². The lowest BCUT2D eigenvalue weighted by molar-refractivity contribution is 0.102. The number of anilines is 2. The second kappa shape index (κ2) is 6.52. The van der Waals surface area contributed by atoms with Crippen molar-refractivity contribution >= 4 is 28.4 Å². The van der Waals surface area contributed by atoms with E-state index in [2.05, 4.69) is 29.0 Å². The molecule has 3 aromatic rings. The van der Waals surface area contributed by atoms with Gasteiger partial charge in [0.1, 0.15) is 5.52 Å². The van der Waals surface area contributed by atoms with Crippen LogP contribution in [0.25, 0.3) is 11.1 Å². The summed E-state index contributed by atoms with van der Waals surface area (Å²) in [4.78, 5) is 18.7. The first-order valence-corrected chi connectivity index (χ1v) is 7.71. The van der Waals surface area contributed by atoms with Crippen LogP contribution in [-0.4, -0.2) is 24.0 Å². The number of rotatable bonds is 5. The maximum Gasteiger partial charge on any atom is 0.255 e. The number of hydrogen-bond acceptors (Lipinski definition) is 4. The molecule has 5 nitrogen and oxygen atoms in total. The molecule has 0 atom stereocenters. The van der Waals surface area contributed by atoms with Crippen LogP contribution in [0.4, 0.5) is 11.4 Å². The Balaban J connectivity index is 1.74. The highest BCUT2D eigenvalue weighted by Crippen LogP contribution is 2.19. The van der Waals surface area contributed by atoms with E-state index in [9.17, 15) is 4.79 Å². The minimum absolute atomic E-state index is 0.162. The van der Waals surface area contributed by atoms with Crippen molar-refractivity contribution in [1.82, 2.24) is 4.98 Å². The summed E-state index contributed by atoms with van der Waals surface area (Å²) in [5.74, 6) is -0.162. The standard InChI is InChI=1S/C18H19N3O2/c1-3-21(4-2)15-8-6-14(7-9-15)20-18(22)13-5-10-17-16(11-13)19-12-23-17/h5-12H,3-4H2,1-2H3,(H,20,22). The van der Waals surface area contributed by atoms with E-state index in [0.717, 1.165) is 24.5 Å². The second-order valence-electron chi connectivity index (χ2n) is 5.21. The highest BCUT2D eigenvalue weighted by molar-refractivity contribution is 6.05. The highest BCUT2D eigenvalue weighted by Gasteiger charge is 2.09. The van der Waals surface area contributed by atoms with Crippen molar-refractivity contribution in [2.24, 2.45) is 0 Å². The summed E-state index contributed by atoms with van der Waals surface area (Å²) >= 11 is 0. The van der Waals surface area contributed by atoms with Crippen LogP contribution in [-0.2, 0) is 0 Å². The van der Waals surface area contributed by atoms with E-state index >= 15 is 0 Å². The molecule has 0 saturated heterocycles. The monoisotopic (exact) mass is 309 g/mol. The molecular formula is C18H19N3O2. The number of aromatic nitrogens is 1. The summed E-state index contributed by atoms with van der Waals surface area (Å²) in [7, 11) is 0. The summed E-state index contributed by atoms with van der Waals surface area (Å²) in [6, 6.07) is 13.1. The van der Waals surface area contributed by atoms with Gasteiger partial charge in [0.25, 0.3) is 5.91 Å². The van der Waals surface area contributed by atoms with Crippen LogP contribution < -0.4 is 10.2 Å². The first-order chi connectivity index (χ1) is 11.2. The zero-order valence-electron chi connectivity index (χ0n) is 13.2. The van der Waals surface area contributed by atoms with E-state index in [1.165, 1.54) is 6.39 Å². The fourth-order valence-corrected chi connectivity index (χ4v) is 2.55. The molecule has 0 bridgehead atoms. The topological polar surface area (TPSA) is 58.4 Å². The maximum atomic E-state index is 12.3. The number of benzene rings is 2. The van der Waals surface area contributed by atoms with Gasteiger partial charge in [-0.05, 0) is 56.3 Å². The second-order valence-corrected chi connectivity index (χ2v) is 5.21. The first kappa shape index (κ1) is 15.1. The average Bonchev–Trinajstić information content (AvgIpc) is 3.05. The Morgan fingerprint density at radius 1 is 1.13 bits per heavy atom. The molecule has 0 unspecified atom stereocenters. The van der Waals surface area contributed by atoms with Crippen LogP contribution in [0.15, 0.2) is 53.3 Å². The van der Waals surface area contributed by atoms with Crippen molar-refractivity contribution in [3.05, 3.63) is 54.4 Å². The van der Waals surface area contributed by atoms with Gasteiger partial charge in [-0.25, -0.2) is 4.98 Å². The lowest BCUT2D eigenvalue weighted by atomic mass is 10.2. The molecule has 0 fully saturated rings. The largest absolute Gasteiger partial charge is 0.443 e. The Morgan fingerprint density at radius 3 is 2.57 bits per heavy atom. The summed E-state index contributed by atoms with van der Waals surface area (Å²) in [5, 5.41) is 2.90. The van der Waals surface area contributed by atoms with E-state index < -0.39 is 0 Å². The summed E-state index contributed by atoms with van der Waals surface area (Å²) < 4.78 is 5.18. The van der Waals surface area contributed by atoms with Gasteiger partial charge in [-0.3, -0.25) is 4.79 Å². The zero-order chi connectivity index (χ0) is 16.2. The predicted molar refractivity (Wildman–Crippen MR) is 92.0 cm³/mol. The SMILES string of the molecule is CCN(CC)c1ccc(NC(=O)c2ccc3ocnc3c2)cc1. The molecule has 1 amide bonds. The highest BCUT2D eigenvalue weighted by atomic mass is 16.3. The smallest absolute Gasteiger partial charge is 0.255 e. The molecule has 1 heterocycles. The Kier molecular flexibility index (Phi) is 4.28. The Labute approximate surface area is 134 Å². The summed E-state index contributed by atoms with van der Waals surface area (Å²) in [5.41, 5.74) is 3.82. The van der Waals surface area contributed by atoms with E-state index in [0.29, 0.717) is 16.7 Å². The van der Waals surface area contributed by atoms with Gasteiger partial charge < -0.3 is 14.6 Å². The van der Waals surface area contributed by atoms with Crippen LogP contribution in [0.3, 0.4) is 0 Å². The molecular weight excluding hydrogens is 290 g/mol. The van der Waals surface area contributed by atoms with Crippen LogP contribution in [0, 0.1) is 0 Å². The van der Waals surface area contributed by atoms with Gasteiger partial charge >= 0.3 is 0 Å². The van der Waals surface area contributed by atoms with Crippen LogP contribution in [0.1, 0.15) is 24.2 Å². The number of amides is 1. The van der Waals surface area contributed by atoms with Gasteiger partial charge in [-0.15, -0.1) is 0 Å². The Bertz CT molecular complexity index is 805. The quantitative estimate of drug-likeness (QED) is 0.776. The number of nitrogens with one attached hydrogen (secondary N) is 1. The zero-order valence-corrected chi connectivity index (χ0v) is 13.2. The fourth-order valence-electron chi connectivity index (χ4n) is 2.55. The summed E-state index contributed by atoms with van der Waals surface area (Å²) in [6.45, 7) is 6.16. The van der Waals surface area contributed by atoms with Crippen molar-refractivity contribution in [2.75, 3.05) is 23.3 Å². The average molecular weight is 309 g/mol. The maximum absolute atomic E-state index is 12.3. The van der Waals surface area contributed by atoms with E-state index in [1.807, 2.05) is 24.3 Å². The molecule has 118 valence electrons. The number of fused-ring (bicyclic) bond motifs is 1. The molecule has 3 rings (SSSR count). The molecule has 0 saturated carbocycles. The van der Waals surface area contributed by atoms with E-state index in [-0.39, 0.29) is 5.91 Å². The third kappa shape index (κ3) is 3.18. The first-order valence-electron chi connectivity index (χ1n) is 7.71. The van der Waals surface area contributed by atoms with Gasteiger partial charge in [0, 0.05) is 30.0 Å². The molecule has 1 N–H and O–H groups in total. The molecule has 0 aliphatic rings. The van der Waals surface area contributed by atoms with Crippen molar-refractivity contribution in [1.29, 1.82) is 0 Å². The third-order valence-electron chi connectivity index (χ3n) is 3.85. The predicted octanol–water partition coefficient (Wildman–Crippen LogP) is 3.93. The molecule has 23 heavy (non-hydrogen) atoms. The molecule has 0 aliphatic carbocycles. The van der Waals surface area contributed by atoms with Gasteiger partial charge in [0.2, 0.25) is 0 Å². The molecule has 5 heteroatoms. The fraction of sp³-hybridized carbons (Fsp3) is 0.222. The van der Waals surface area contributed by atoms with E-state index in [4.69, 9.17) is 4.42 Å². The van der Waals surface area contributed by atoms with Crippen LogP contribution >= 0.6 is 0 Å². The van der Waals surface area contributed by atoms with E-state index in [1.54, 1.807) is 18.2 Å². The van der Waals surface area contributed by atoms with Crippen molar-refractivity contribution in [2.45, 2.75) is 13.8 Å². The van der Waals surface area contributed by atoms with Gasteiger partial charge in [0.15, 0.2) is 12.0 Å². The number of hydrogen-bond donors (Lipinski definition) is 1. The molecule has 1 aromatic heterocycles. The summed E-state index contributed by atoms with van der Waals surface area (Å²) in [6.07, 6.45) is 1.37. The van der Waals surface area contributed by atoms with Gasteiger partial charge in [-0.2, -0.15) is 0 Å². The molecule has 0 spiro atoms. The number of nitrogens with zero attached hydrogens (tertiary/aromatic N) is 2. The minimum atomic E-state index is -0.162. The van der Waals surface area contributed by atoms with Crippen LogP contribution in [0.5, 0.6) is 0 Å². The number of carbonyl (C=O) groups is 1. The lowest BCUT2D eigenvalue weighted by Gasteiger charge is -2.21. The number of oxazole rings is 1. The lowest BCUT2D eigenvalue weighted by Crippen LogP contribution is -2.21. The molecule has 2 aromatic carbocycles. The van der Waals surface area contributed by atoms with Gasteiger partial charge in [-0.1, -0.05) is 0 Å². The Morgan fingerprint density at radius 2 is 1.87 bits per heavy atom. The molecule has 0 aliphatic heterocycles. The number of carbonyl (C=O) groups excluding carboxylic acids is 1. The normalized spacial score (nSPS) is 10.7. The third-order valence-corrected chi connectivity index (χ3v) is 3.85. The Hall–Kier alpha value is -2.82. The van der Waals surface area contributed by atoms with Crippen molar-refractivity contribution < 1.29 is 9.21 Å².